The molecule has 1 aliphatic heterocycles. The van der Waals surface area contributed by atoms with E-state index in [1.165, 1.54) is 29.4 Å². The van der Waals surface area contributed by atoms with E-state index in [1.54, 1.807) is 12.1 Å². The van der Waals surface area contributed by atoms with E-state index < -0.39 is 28.0 Å². The fourth-order valence-corrected chi connectivity index (χ4v) is 4.33. The molecule has 1 aliphatic rings. The minimum atomic E-state index is -3.90. The smallest absolute Gasteiger partial charge is 0.233 e. The van der Waals surface area contributed by atoms with E-state index >= 15 is 0 Å². The lowest BCUT2D eigenvalue weighted by Crippen LogP contribution is -2.48. The highest BCUT2D eigenvalue weighted by Gasteiger charge is 2.50. The summed E-state index contributed by atoms with van der Waals surface area (Å²) in [5.41, 5.74) is 10.9. The number of nitrogens with two attached hydrogens (primary N) is 2. The summed E-state index contributed by atoms with van der Waals surface area (Å²) in [5.74, 6) is 0.114. The molecule has 0 spiro atoms. The number of rotatable bonds is 6. The fourth-order valence-electron chi connectivity index (χ4n) is 3.33. The Labute approximate surface area is 187 Å². The molecule has 0 unspecified atom stereocenters. The molecule has 3 atom stereocenters. The zero-order valence-corrected chi connectivity index (χ0v) is 18.0. The van der Waals surface area contributed by atoms with E-state index in [1.807, 2.05) is 0 Å². The first-order chi connectivity index (χ1) is 15.1. The van der Waals surface area contributed by atoms with Crippen LogP contribution < -0.4 is 16.2 Å². The summed E-state index contributed by atoms with van der Waals surface area (Å²) in [4.78, 5) is 11.9. The molecule has 7 N–H and O–H groups in total. The van der Waals surface area contributed by atoms with Crippen LogP contribution in [-0.2, 0) is 20.5 Å². The first-order valence-corrected chi connectivity index (χ1v) is 11.2. The van der Waals surface area contributed by atoms with Gasteiger partial charge in [-0.05, 0) is 23.8 Å². The van der Waals surface area contributed by atoms with Crippen molar-refractivity contribution >= 4 is 50.4 Å². The molecule has 0 radical (unpaired) electrons. The summed E-state index contributed by atoms with van der Waals surface area (Å²) in [6.07, 6.45) is 1.24. The fraction of sp³-hybridized carbons (Fsp3) is 0.278. The van der Waals surface area contributed by atoms with Crippen molar-refractivity contribution in [2.45, 2.75) is 17.9 Å². The zero-order chi connectivity index (χ0) is 23.1. The summed E-state index contributed by atoms with van der Waals surface area (Å²) < 4.78 is 33.7. The lowest BCUT2D eigenvalue weighted by Gasteiger charge is -2.27. The molecule has 4 rings (SSSR count). The van der Waals surface area contributed by atoms with Crippen LogP contribution in [-0.4, -0.2) is 63.5 Å². The predicted octanol–water partition coefficient (Wildman–Crippen LogP) is -0.361. The second kappa shape index (κ2) is 8.27. The van der Waals surface area contributed by atoms with Crippen molar-refractivity contribution < 1.29 is 23.4 Å². The van der Waals surface area contributed by atoms with Gasteiger partial charge in [0.25, 0.3) is 0 Å². The molecule has 1 saturated heterocycles. The molecule has 1 aromatic carbocycles. The van der Waals surface area contributed by atoms with E-state index in [0.29, 0.717) is 16.3 Å². The number of aliphatic hydroxyl groups is 2. The molecule has 0 amide bonds. The number of halogens is 1. The average Bonchev–Trinajstić information content (AvgIpc) is 3.30. The number of imidazole rings is 1. The van der Waals surface area contributed by atoms with Crippen molar-refractivity contribution in [2.75, 3.05) is 24.6 Å². The summed E-state index contributed by atoms with van der Waals surface area (Å²) in [5, 5.41) is 23.1. The Kier molecular flexibility index (Phi) is 5.79. The summed E-state index contributed by atoms with van der Waals surface area (Å²) >= 11 is 5.83. The van der Waals surface area contributed by atoms with Crippen molar-refractivity contribution in [3.8, 4) is 0 Å². The molecule has 0 aliphatic carbocycles. The third-order valence-corrected chi connectivity index (χ3v) is 6.37. The van der Waals surface area contributed by atoms with Gasteiger partial charge in [0.2, 0.25) is 10.0 Å². The van der Waals surface area contributed by atoms with Gasteiger partial charge in [-0.3, -0.25) is 4.57 Å². The number of hydrogen-bond acceptors (Lipinski definition) is 10. The van der Waals surface area contributed by atoms with Crippen molar-refractivity contribution in [2.24, 2.45) is 0 Å². The van der Waals surface area contributed by atoms with Crippen LogP contribution in [0.15, 0.2) is 36.3 Å². The first-order valence-electron chi connectivity index (χ1n) is 9.29. The van der Waals surface area contributed by atoms with Crippen LogP contribution in [0.1, 0.15) is 5.56 Å². The lowest BCUT2D eigenvalue weighted by atomic mass is 10.1. The van der Waals surface area contributed by atoms with Gasteiger partial charge in [-0.1, -0.05) is 17.7 Å². The van der Waals surface area contributed by atoms with Gasteiger partial charge >= 0.3 is 0 Å². The number of nitrogens with zero attached hydrogens (tertiary/aromatic N) is 4. The molecule has 0 bridgehead atoms. The third-order valence-electron chi connectivity index (χ3n) is 5.08. The largest absolute Gasteiger partial charge is 0.398 e. The lowest BCUT2D eigenvalue weighted by molar-refractivity contribution is -0.107. The van der Waals surface area contributed by atoms with Gasteiger partial charge < -0.3 is 26.4 Å². The molecule has 1 fully saturated rings. The maximum Gasteiger partial charge on any atom is 0.233 e. The SMILES string of the molecule is Nc1cc(Cl)ccc1/C=C/S(=O)(=O)NC[C@H]1OC[C@@](O)(n2cnc3c(N)ncnc32)[C@@H]1O. The molecule has 14 heteroatoms. The topological polar surface area (TPSA) is 191 Å². The van der Waals surface area contributed by atoms with Crippen LogP contribution in [0.4, 0.5) is 11.5 Å². The van der Waals surface area contributed by atoms with Gasteiger partial charge in [-0.15, -0.1) is 0 Å². The number of benzene rings is 1. The van der Waals surface area contributed by atoms with Crippen LogP contribution in [0.5, 0.6) is 0 Å². The Morgan fingerprint density at radius 3 is 2.88 bits per heavy atom. The number of anilines is 2. The van der Waals surface area contributed by atoms with Crippen molar-refractivity contribution in [3.05, 3.63) is 46.8 Å². The molecule has 32 heavy (non-hydrogen) atoms. The Morgan fingerprint density at radius 1 is 1.34 bits per heavy atom. The number of sulfonamides is 1. The Balaban J connectivity index is 1.46. The van der Waals surface area contributed by atoms with Gasteiger partial charge in [0, 0.05) is 22.7 Å². The van der Waals surface area contributed by atoms with Gasteiger partial charge in [0.05, 0.1) is 12.9 Å². The minimum Gasteiger partial charge on any atom is -0.398 e. The van der Waals surface area contributed by atoms with Gasteiger partial charge in [-0.25, -0.2) is 28.1 Å². The minimum absolute atomic E-state index is 0.114. The standard InChI is InChI=1S/C18H20ClN7O5S/c19-11-2-1-10(12(20)5-11)3-4-32(29,30)25-6-13-15(27)18(28,7-31-13)26-9-24-14-16(21)22-8-23-17(14)26/h1-5,8-9,13,15,25,27-28H,6-7,20H2,(H2,21,22,23)/b4-3+/t13-,15-,18+/m1/s1. The molecule has 0 saturated carbocycles. The van der Waals surface area contributed by atoms with Crippen LogP contribution in [0.25, 0.3) is 17.2 Å². The molecular weight excluding hydrogens is 462 g/mol. The second-order valence-corrected chi connectivity index (χ2v) is 9.28. The number of aromatic nitrogens is 4. The van der Waals surface area contributed by atoms with Gasteiger partial charge in [0.1, 0.15) is 24.1 Å². The van der Waals surface area contributed by atoms with E-state index in [0.717, 1.165) is 5.41 Å². The number of ether oxygens (including phenoxy) is 1. The van der Waals surface area contributed by atoms with Crippen molar-refractivity contribution in [1.29, 1.82) is 0 Å². The highest BCUT2D eigenvalue weighted by atomic mass is 35.5. The predicted molar refractivity (Wildman–Crippen MR) is 117 cm³/mol. The van der Waals surface area contributed by atoms with Crippen molar-refractivity contribution in [3.63, 3.8) is 0 Å². The average molecular weight is 482 g/mol. The second-order valence-electron chi connectivity index (χ2n) is 7.19. The molecule has 3 aromatic rings. The van der Waals surface area contributed by atoms with E-state index in [9.17, 15) is 18.6 Å². The normalized spacial score (nSPS) is 24.0. The molecule has 2 aromatic heterocycles. The Bertz CT molecular complexity index is 1300. The maximum absolute atomic E-state index is 12.3. The summed E-state index contributed by atoms with van der Waals surface area (Å²) in [6.45, 7) is -0.622. The maximum atomic E-state index is 12.3. The Morgan fingerprint density at radius 2 is 2.12 bits per heavy atom. The van der Waals surface area contributed by atoms with E-state index in [4.69, 9.17) is 27.8 Å². The van der Waals surface area contributed by atoms with E-state index in [2.05, 4.69) is 19.7 Å². The van der Waals surface area contributed by atoms with E-state index in [-0.39, 0.29) is 30.1 Å². The quantitative estimate of drug-likeness (QED) is 0.290. The van der Waals surface area contributed by atoms with Gasteiger partial charge in [-0.2, -0.15) is 0 Å². The summed E-state index contributed by atoms with van der Waals surface area (Å²) in [6, 6.07) is 4.67. The number of nitrogens with one attached hydrogen (secondary N) is 1. The van der Waals surface area contributed by atoms with Crippen LogP contribution in [0.2, 0.25) is 5.02 Å². The zero-order valence-electron chi connectivity index (χ0n) is 16.5. The molecule has 170 valence electrons. The molecular formula is C18H20ClN7O5S. The third kappa shape index (κ3) is 4.13. The first kappa shape index (κ1) is 22.4. The van der Waals surface area contributed by atoms with Gasteiger partial charge in [0.15, 0.2) is 17.2 Å². The molecule has 12 nitrogen and oxygen atoms in total. The number of nitrogen functional groups attached to an aromatic ring is 2. The molecule has 3 heterocycles. The van der Waals surface area contributed by atoms with Crippen molar-refractivity contribution in [1.82, 2.24) is 24.2 Å². The number of hydrogen-bond donors (Lipinski definition) is 5. The van der Waals surface area contributed by atoms with Crippen LogP contribution >= 0.6 is 11.6 Å². The Hall–Kier alpha value is -2.81. The monoisotopic (exact) mass is 481 g/mol. The highest BCUT2D eigenvalue weighted by Crippen LogP contribution is 2.32. The number of fused-ring (bicyclic) bond motifs is 1. The highest BCUT2D eigenvalue weighted by molar-refractivity contribution is 7.92. The summed E-state index contributed by atoms with van der Waals surface area (Å²) in [7, 11) is -3.90. The number of aliphatic hydroxyl groups excluding tert-OH is 1. The van der Waals surface area contributed by atoms with Crippen LogP contribution in [0.3, 0.4) is 0 Å². The van der Waals surface area contributed by atoms with Crippen LogP contribution in [0, 0.1) is 0 Å².